The number of carbonyl (C=O) groups is 1. The number of thiocarbonyl (C=S) groups is 1. The Morgan fingerprint density at radius 2 is 1.73 bits per heavy atom. The minimum absolute atomic E-state index is 0.0321. The molecule has 0 radical (unpaired) electrons. The molecule has 5 heteroatoms. The van der Waals surface area contributed by atoms with Gasteiger partial charge in [0.2, 0.25) is 0 Å². The molecule has 0 aliphatic heterocycles. The Labute approximate surface area is 135 Å². The molecule has 0 saturated heterocycles. The molecule has 0 aliphatic rings. The smallest absolute Gasteiger partial charge is 0.283 e. The number of nitrogens with one attached hydrogen (secondary N) is 2. The van der Waals surface area contributed by atoms with Gasteiger partial charge in [0.25, 0.3) is 5.91 Å². The molecule has 0 spiro atoms. The number of hydrogen-bond donors (Lipinski definition) is 2. The van der Waals surface area contributed by atoms with Crippen LogP contribution >= 0.6 is 12.2 Å². The van der Waals surface area contributed by atoms with Crippen LogP contribution in [-0.2, 0) is 4.79 Å². The Hall–Kier alpha value is -2.40. The van der Waals surface area contributed by atoms with E-state index >= 15 is 0 Å². The lowest BCUT2D eigenvalue weighted by Crippen LogP contribution is -2.35. The second-order valence-electron chi connectivity index (χ2n) is 4.79. The third-order valence-corrected chi connectivity index (χ3v) is 3.50. The molecule has 4 nitrogen and oxygen atoms in total. The maximum Gasteiger partial charge on any atom is 0.283 e. The molecule has 114 valence electrons. The van der Waals surface area contributed by atoms with Gasteiger partial charge in [-0.1, -0.05) is 42.5 Å². The average Bonchev–Trinajstić information content (AvgIpc) is 2.56. The van der Waals surface area contributed by atoms with Crippen LogP contribution in [0.3, 0.4) is 0 Å². The number of methoxy groups -OCH3 is 1. The van der Waals surface area contributed by atoms with E-state index in [1.807, 2.05) is 37.3 Å². The van der Waals surface area contributed by atoms with Gasteiger partial charge in [-0.3, -0.25) is 4.79 Å². The van der Waals surface area contributed by atoms with E-state index in [1.54, 1.807) is 31.4 Å². The Balaban J connectivity index is 1.93. The molecule has 2 N–H and O–H groups in total. The normalized spacial score (nSPS) is 11.4. The van der Waals surface area contributed by atoms with E-state index in [0.29, 0.717) is 5.69 Å². The first-order valence-corrected chi connectivity index (χ1v) is 7.32. The molecule has 0 fully saturated rings. The number of hydrogen-bond acceptors (Lipinski definition) is 3. The standard InChI is InChI=1S/C17H18N2O2S/c1-12(13-6-4-3-5-7-13)18-17(22)16(20)19-14-8-10-15(21-2)11-9-14/h3-12H,1-2H3,(H,18,22)(H,19,20)/t12-/m0/s1. The molecule has 0 aromatic heterocycles. The highest BCUT2D eigenvalue weighted by atomic mass is 32.1. The van der Waals surface area contributed by atoms with E-state index in [2.05, 4.69) is 10.6 Å². The molecule has 2 aromatic carbocycles. The van der Waals surface area contributed by atoms with Gasteiger partial charge in [-0.05, 0) is 36.8 Å². The van der Waals surface area contributed by atoms with Gasteiger partial charge >= 0.3 is 0 Å². The van der Waals surface area contributed by atoms with E-state index in [0.717, 1.165) is 11.3 Å². The van der Waals surface area contributed by atoms with Gasteiger partial charge in [0.15, 0.2) is 4.99 Å². The number of carbonyl (C=O) groups excluding carboxylic acids is 1. The van der Waals surface area contributed by atoms with E-state index < -0.39 is 0 Å². The summed E-state index contributed by atoms with van der Waals surface area (Å²) in [5.41, 5.74) is 1.74. The summed E-state index contributed by atoms with van der Waals surface area (Å²) in [5.74, 6) is 0.402. The maximum absolute atomic E-state index is 12.1. The molecule has 0 saturated carbocycles. The molecule has 1 amide bonds. The minimum Gasteiger partial charge on any atom is -0.497 e. The zero-order valence-electron chi connectivity index (χ0n) is 12.5. The van der Waals surface area contributed by atoms with Crippen molar-refractivity contribution < 1.29 is 9.53 Å². The molecule has 0 heterocycles. The molecule has 0 aliphatic carbocycles. The van der Waals surface area contributed by atoms with Crippen LogP contribution in [0, 0.1) is 0 Å². The molecular formula is C17H18N2O2S. The minimum atomic E-state index is -0.331. The third kappa shape index (κ3) is 4.30. The summed E-state index contributed by atoms with van der Waals surface area (Å²) in [5, 5.41) is 5.79. The fourth-order valence-corrected chi connectivity index (χ4v) is 2.18. The number of anilines is 1. The first-order valence-electron chi connectivity index (χ1n) is 6.91. The molecule has 0 bridgehead atoms. The summed E-state index contributed by atoms with van der Waals surface area (Å²) in [4.78, 5) is 12.2. The van der Waals surface area contributed by atoms with Gasteiger partial charge in [0.05, 0.1) is 7.11 Å². The predicted octanol–water partition coefficient (Wildman–Crippen LogP) is 3.31. The lowest BCUT2D eigenvalue weighted by Gasteiger charge is -2.16. The predicted molar refractivity (Wildman–Crippen MR) is 92.2 cm³/mol. The van der Waals surface area contributed by atoms with Gasteiger partial charge in [0, 0.05) is 11.7 Å². The van der Waals surface area contributed by atoms with E-state index in [1.165, 1.54) is 0 Å². The van der Waals surface area contributed by atoms with E-state index in [4.69, 9.17) is 17.0 Å². The quantitative estimate of drug-likeness (QED) is 0.850. The van der Waals surface area contributed by atoms with Crippen LogP contribution in [0.1, 0.15) is 18.5 Å². The largest absolute Gasteiger partial charge is 0.497 e. The molecule has 2 rings (SSSR count). The Morgan fingerprint density at radius 1 is 1.09 bits per heavy atom. The lowest BCUT2D eigenvalue weighted by molar-refractivity contribution is -0.110. The third-order valence-electron chi connectivity index (χ3n) is 3.20. The van der Waals surface area contributed by atoms with Crippen LogP contribution in [0.2, 0.25) is 0 Å². The second kappa shape index (κ2) is 7.56. The van der Waals surface area contributed by atoms with Crippen LogP contribution < -0.4 is 15.4 Å². The zero-order chi connectivity index (χ0) is 15.9. The molecular weight excluding hydrogens is 296 g/mol. The summed E-state index contributed by atoms with van der Waals surface area (Å²) in [6, 6.07) is 16.9. The van der Waals surface area contributed by atoms with Crippen molar-refractivity contribution in [3.05, 3.63) is 60.2 Å². The number of amides is 1. The fraction of sp³-hybridized carbons (Fsp3) is 0.176. The summed E-state index contributed by atoms with van der Waals surface area (Å²) < 4.78 is 5.07. The topological polar surface area (TPSA) is 50.4 Å². The maximum atomic E-state index is 12.1. The average molecular weight is 314 g/mol. The van der Waals surface area contributed by atoms with Crippen LogP contribution in [0.15, 0.2) is 54.6 Å². The van der Waals surface area contributed by atoms with Gasteiger partial charge < -0.3 is 15.4 Å². The van der Waals surface area contributed by atoms with Crippen molar-refractivity contribution in [2.45, 2.75) is 13.0 Å². The van der Waals surface area contributed by atoms with Crippen molar-refractivity contribution in [1.82, 2.24) is 5.32 Å². The van der Waals surface area contributed by atoms with Gasteiger partial charge in [0.1, 0.15) is 5.75 Å². The zero-order valence-corrected chi connectivity index (χ0v) is 13.3. The first-order chi connectivity index (χ1) is 10.6. The monoisotopic (exact) mass is 314 g/mol. The number of rotatable bonds is 4. The summed E-state index contributed by atoms with van der Waals surface area (Å²) in [6.07, 6.45) is 0. The SMILES string of the molecule is COc1ccc(NC(=O)C(=S)N[C@@H](C)c2ccccc2)cc1. The Kier molecular flexibility index (Phi) is 5.49. The lowest BCUT2D eigenvalue weighted by atomic mass is 10.1. The Bertz CT molecular complexity index is 641. The first kappa shape index (κ1) is 16.0. The molecule has 2 aromatic rings. The van der Waals surface area contributed by atoms with Crippen LogP contribution in [0.5, 0.6) is 5.75 Å². The highest BCUT2D eigenvalue weighted by Crippen LogP contribution is 2.15. The molecule has 0 unspecified atom stereocenters. The van der Waals surface area contributed by atoms with Crippen LogP contribution in [0.4, 0.5) is 5.69 Å². The summed E-state index contributed by atoms with van der Waals surface area (Å²) in [7, 11) is 1.59. The Morgan fingerprint density at radius 3 is 2.32 bits per heavy atom. The summed E-state index contributed by atoms with van der Waals surface area (Å²) in [6.45, 7) is 1.96. The van der Waals surface area contributed by atoms with Crippen molar-refractivity contribution in [3.8, 4) is 5.75 Å². The van der Waals surface area contributed by atoms with E-state index in [9.17, 15) is 4.79 Å². The molecule has 22 heavy (non-hydrogen) atoms. The fourth-order valence-electron chi connectivity index (χ4n) is 1.95. The van der Waals surface area contributed by atoms with Gasteiger partial charge in [-0.25, -0.2) is 0 Å². The van der Waals surface area contributed by atoms with Crippen molar-refractivity contribution in [1.29, 1.82) is 0 Å². The van der Waals surface area contributed by atoms with Gasteiger partial charge in [-0.15, -0.1) is 0 Å². The van der Waals surface area contributed by atoms with Crippen LogP contribution in [-0.4, -0.2) is 18.0 Å². The van der Waals surface area contributed by atoms with Crippen molar-refractivity contribution >= 4 is 28.8 Å². The highest BCUT2D eigenvalue weighted by Gasteiger charge is 2.13. The number of ether oxygens (including phenoxy) is 1. The summed E-state index contributed by atoms with van der Waals surface area (Å²) >= 11 is 5.15. The van der Waals surface area contributed by atoms with E-state index in [-0.39, 0.29) is 16.9 Å². The van der Waals surface area contributed by atoms with Crippen molar-refractivity contribution in [2.75, 3.05) is 12.4 Å². The molecule has 1 atom stereocenters. The van der Waals surface area contributed by atoms with Crippen molar-refractivity contribution in [2.24, 2.45) is 0 Å². The highest BCUT2D eigenvalue weighted by molar-refractivity contribution is 7.82. The van der Waals surface area contributed by atoms with Crippen molar-refractivity contribution in [3.63, 3.8) is 0 Å². The van der Waals surface area contributed by atoms with Gasteiger partial charge in [-0.2, -0.15) is 0 Å². The van der Waals surface area contributed by atoms with Crippen LogP contribution in [0.25, 0.3) is 0 Å². The second-order valence-corrected chi connectivity index (χ2v) is 5.20. The number of benzene rings is 2.